The fourth-order valence-corrected chi connectivity index (χ4v) is 0.806. The number of hydrogen-bond donors (Lipinski definition) is 0. The molecule has 0 aliphatic heterocycles. The number of carbonyl (C=O) groups excluding carboxylic acids is 3. The van der Waals surface area contributed by atoms with E-state index in [1.165, 1.54) is 19.2 Å². The monoisotopic (exact) mass is 208 g/mol. The van der Waals surface area contributed by atoms with E-state index >= 15 is 0 Å². The molecule has 0 radical (unpaired) electrons. The van der Waals surface area contributed by atoms with Gasteiger partial charge in [0.1, 0.15) is 18.5 Å². The Morgan fingerprint density at radius 1 is 1.40 bits per heavy atom. The van der Waals surface area contributed by atoms with E-state index in [4.69, 9.17) is 0 Å². The quantitative estimate of drug-likeness (QED) is 0.518. The van der Waals surface area contributed by atoms with Crippen molar-refractivity contribution in [1.82, 2.24) is 9.97 Å². The zero-order valence-electron chi connectivity index (χ0n) is 7.97. The first-order chi connectivity index (χ1) is 7.09. The normalized spacial score (nSPS) is 9.40. The Hall–Kier alpha value is -2.11. The highest BCUT2D eigenvalue weighted by molar-refractivity contribution is 6.01. The van der Waals surface area contributed by atoms with Crippen LogP contribution in [0.3, 0.4) is 0 Å². The van der Waals surface area contributed by atoms with Gasteiger partial charge >= 0.3 is 11.9 Å². The SMILES string of the molecule is CC(=O)CC(=O)OC(=O)c1ccncn1. The molecular weight excluding hydrogens is 200 g/mol. The summed E-state index contributed by atoms with van der Waals surface area (Å²) >= 11 is 0. The maximum atomic E-state index is 11.2. The van der Waals surface area contributed by atoms with Crippen molar-refractivity contribution in [3.8, 4) is 0 Å². The molecule has 0 saturated heterocycles. The summed E-state index contributed by atoms with van der Waals surface area (Å²) in [6, 6.07) is 1.31. The van der Waals surface area contributed by atoms with E-state index in [1.807, 2.05) is 0 Å². The number of ketones is 1. The summed E-state index contributed by atoms with van der Waals surface area (Å²) in [5, 5.41) is 0. The molecule has 0 aliphatic carbocycles. The van der Waals surface area contributed by atoms with Crippen LogP contribution in [0.25, 0.3) is 0 Å². The maximum absolute atomic E-state index is 11.2. The molecule has 0 fully saturated rings. The van der Waals surface area contributed by atoms with Crippen LogP contribution in [0.1, 0.15) is 23.8 Å². The van der Waals surface area contributed by atoms with Gasteiger partial charge in [-0.05, 0) is 13.0 Å². The van der Waals surface area contributed by atoms with Crippen LogP contribution in [0.4, 0.5) is 0 Å². The number of esters is 2. The summed E-state index contributed by atoms with van der Waals surface area (Å²) in [6.45, 7) is 1.23. The van der Waals surface area contributed by atoms with Crippen LogP contribution in [0.5, 0.6) is 0 Å². The predicted molar refractivity (Wildman–Crippen MR) is 47.8 cm³/mol. The van der Waals surface area contributed by atoms with Gasteiger partial charge in [0.2, 0.25) is 0 Å². The zero-order chi connectivity index (χ0) is 11.3. The van der Waals surface area contributed by atoms with Gasteiger partial charge in [-0.2, -0.15) is 0 Å². The molecule has 0 aromatic carbocycles. The van der Waals surface area contributed by atoms with Crippen molar-refractivity contribution < 1.29 is 19.1 Å². The van der Waals surface area contributed by atoms with Crippen LogP contribution in [0.2, 0.25) is 0 Å². The summed E-state index contributed by atoms with van der Waals surface area (Å²) in [7, 11) is 0. The molecule has 6 nitrogen and oxygen atoms in total. The van der Waals surface area contributed by atoms with Gasteiger partial charge in [-0.15, -0.1) is 0 Å². The number of carbonyl (C=O) groups is 3. The molecule has 78 valence electrons. The third kappa shape index (κ3) is 3.63. The van der Waals surface area contributed by atoms with Crippen LogP contribution >= 0.6 is 0 Å². The van der Waals surface area contributed by atoms with Gasteiger partial charge < -0.3 is 4.74 Å². The summed E-state index contributed by atoms with van der Waals surface area (Å²) in [4.78, 5) is 39.8. The van der Waals surface area contributed by atoms with E-state index in [1.54, 1.807) is 0 Å². The number of aromatic nitrogens is 2. The predicted octanol–water partition coefficient (Wildman–Crippen LogP) is 0.139. The topological polar surface area (TPSA) is 86.2 Å². The number of ether oxygens (including phenoxy) is 1. The Bertz CT molecular complexity index is 388. The Balaban J connectivity index is 2.57. The highest BCUT2D eigenvalue weighted by atomic mass is 16.6. The van der Waals surface area contributed by atoms with Crippen molar-refractivity contribution >= 4 is 17.7 Å². The molecule has 6 heteroatoms. The lowest BCUT2D eigenvalue weighted by molar-refractivity contribution is -0.140. The second-order valence-electron chi connectivity index (χ2n) is 2.73. The number of nitrogens with zero attached hydrogens (tertiary/aromatic N) is 2. The molecular formula is C9H8N2O4. The minimum Gasteiger partial charge on any atom is -0.388 e. The Kier molecular flexibility index (Phi) is 3.61. The van der Waals surface area contributed by atoms with E-state index in [2.05, 4.69) is 14.7 Å². The molecule has 0 unspecified atom stereocenters. The molecule has 0 atom stereocenters. The smallest absolute Gasteiger partial charge is 0.364 e. The first-order valence-electron chi connectivity index (χ1n) is 4.10. The zero-order valence-corrected chi connectivity index (χ0v) is 7.97. The third-order valence-electron chi connectivity index (χ3n) is 1.39. The van der Waals surface area contributed by atoms with Crippen molar-refractivity contribution in [3.63, 3.8) is 0 Å². The molecule has 0 bridgehead atoms. The summed E-state index contributed by atoms with van der Waals surface area (Å²) in [6.07, 6.45) is 2.09. The van der Waals surface area contributed by atoms with Crippen LogP contribution in [0.15, 0.2) is 18.6 Å². The second-order valence-corrected chi connectivity index (χ2v) is 2.73. The van der Waals surface area contributed by atoms with Crippen molar-refractivity contribution in [2.75, 3.05) is 0 Å². The van der Waals surface area contributed by atoms with E-state index in [0.29, 0.717) is 0 Å². The third-order valence-corrected chi connectivity index (χ3v) is 1.39. The van der Waals surface area contributed by atoms with Crippen LogP contribution in [-0.2, 0) is 14.3 Å². The lowest BCUT2D eigenvalue weighted by Crippen LogP contribution is -2.15. The Morgan fingerprint density at radius 3 is 2.67 bits per heavy atom. The first kappa shape index (κ1) is 11.0. The van der Waals surface area contributed by atoms with Gasteiger partial charge in [0.25, 0.3) is 0 Å². The van der Waals surface area contributed by atoms with Crippen molar-refractivity contribution in [1.29, 1.82) is 0 Å². The minimum atomic E-state index is -0.886. The summed E-state index contributed by atoms with van der Waals surface area (Å²) < 4.78 is 4.36. The molecule has 0 spiro atoms. The van der Waals surface area contributed by atoms with E-state index < -0.39 is 18.4 Å². The van der Waals surface area contributed by atoms with Crippen molar-refractivity contribution in [3.05, 3.63) is 24.3 Å². The molecule has 15 heavy (non-hydrogen) atoms. The largest absolute Gasteiger partial charge is 0.388 e. The first-order valence-corrected chi connectivity index (χ1v) is 4.10. The van der Waals surface area contributed by atoms with Gasteiger partial charge in [0.15, 0.2) is 5.69 Å². The fourth-order valence-electron chi connectivity index (χ4n) is 0.806. The van der Waals surface area contributed by atoms with Crippen molar-refractivity contribution in [2.45, 2.75) is 13.3 Å². The molecule has 1 heterocycles. The second kappa shape index (κ2) is 4.94. The van der Waals surface area contributed by atoms with Crippen LogP contribution in [0, 0.1) is 0 Å². The van der Waals surface area contributed by atoms with Gasteiger partial charge in [-0.3, -0.25) is 9.59 Å². The van der Waals surface area contributed by atoms with Gasteiger partial charge in [-0.25, -0.2) is 14.8 Å². The Labute approximate surface area is 85.3 Å². The molecule has 1 aromatic rings. The lowest BCUT2D eigenvalue weighted by Gasteiger charge is -1.99. The summed E-state index contributed by atoms with van der Waals surface area (Å²) in [5.74, 6) is -2.13. The number of rotatable bonds is 3. The minimum absolute atomic E-state index is 0.0260. The Morgan fingerprint density at radius 2 is 2.13 bits per heavy atom. The van der Waals surface area contributed by atoms with Gasteiger partial charge in [0.05, 0.1) is 0 Å². The molecule has 0 aliphatic rings. The number of Topliss-reactive ketones (excluding diaryl/α,β-unsaturated/α-hetero) is 1. The number of hydrogen-bond acceptors (Lipinski definition) is 6. The van der Waals surface area contributed by atoms with Crippen LogP contribution < -0.4 is 0 Å². The van der Waals surface area contributed by atoms with Crippen molar-refractivity contribution in [2.24, 2.45) is 0 Å². The van der Waals surface area contributed by atoms with Gasteiger partial charge in [0, 0.05) is 6.20 Å². The lowest BCUT2D eigenvalue weighted by atomic mass is 10.3. The maximum Gasteiger partial charge on any atom is 0.364 e. The molecule has 1 aromatic heterocycles. The molecule has 1 rings (SSSR count). The highest BCUT2D eigenvalue weighted by Crippen LogP contribution is 1.97. The summed E-state index contributed by atoms with van der Waals surface area (Å²) in [5.41, 5.74) is -0.0260. The van der Waals surface area contributed by atoms with Gasteiger partial charge in [-0.1, -0.05) is 0 Å². The van der Waals surface area contributed by atoms with E-state index in [0.717, 1.165) is 6.33 Å². The highest BCUT2D eigenvalue weighted by Gasteiger charge is 2.14. The van der Waals surface area contributed by atoms with E-state index in [-0.39, 0.29) is 11.5 Å². The molecule has 0 amide bonds. The average Bonchev–Trinajstić information content (AvgIpc) is 2.17. The van der Waals surface area contributed by atoms with E-state index in [9.17, 15) is 14.4 Å². The molecule has 0 saturated carbocycles. The average molecular weight is 208 g/mol. The fraction of sp³-hybridized carbons (Fsp3) is 0.222. The standard InChI is InChI=1S/C9H8N2O4/c1-6(12)4-8(13)15-9(14)7-2-3-10-5-11-7/h2-3,5H,4H2,1H3. The van der Waals surface area contributed by atoms with Crippen LogP contribution in [-0.4, -0.2) is 27.7 Å². The molecule has 0 N–H and O–H groups in total.